The predicted octanol–water partition coefficient (Wildman–Crippen LogP) is 1.81. The van der Waals surface area contributed by atoms with Crippen LogP contribution in [-0.2, 0) is 9.53 Å². The second-order valence-corrected chi connectivity index (χ2v) is 6.84. The smallest absolute Gasteiger partial charge is 0.305 e. The Morgan fingerprint density at radius 2 is 2.00 bits per heavy atom. The molecule has 66 valence electrons. The van der Waals surface area contributed by atoms with Crippen molar-refractivity contribution in [1.29, 1.82) is 0 Å². The van der Waals surface area contributed by atoms with Gasteiger partial charge in [-0.1, -0.05) is 13.1 Å². The van der Waals surface area contributed by atoms with Crippen molar-refractivity contribution in [3.8, 4) is 0 Å². The van der Waals surface area contributed by atoms with Crippen LogP contribution in [0.15, 0.2) is 0 Å². The van der Waals surface area contributed by atoms with Gasteiger partial charge in [0.25, 0.3) is 0 Å². The minimum atomic E-state index is -0.573. The van der Waals surface area contributed by atoms with Gasteiger partial charge < -0.3 is 4.74 Å². The summed E-state index contributed by atoms with van der Waals surface area (Å²) in [7, 11) is -0.573. The monoisotopic (exact) mass is 174 g/mol. The van der Waals surface area contributed by atoms with Gasteiger partial charge in [0.05, 0.1) is 6.10 Å². The van der Waals surface area contributed by atoms with Crippen molar-refractivity contribution in [3.63, 3.8) is 0 Å². The number of rotatable bonds is 4. The number of carbonyl (C=O) groups excluding carboxylic acids is 1. The summed E-state index contributed by atoms with van der Waals surface area (Å²) in [5.41, 5.74) is 0. The van der Waals surface area contributed by atoms with E-state index in [1.54, 1.807) is 0 Å². The number of hydrogen-bond acceptors (Lipinski definition) is 2. The molecule has 2 nitrogen and oxygen atoms in total. The molecular formula is C8H18O2Si. The molecule has 0 N–H and O–H groups in total. The van der Waals surface area contributed by atoms with E-state index in [4.69, 9.17) is 4.74 Å². The lowest BCUT2D eigenvalue weighted by Crippen LogP contribution is -2.13. The van der Waals surface area contributed by atoms with E-state index in [2.05, 4.69) is 13.1 Å². The van der Waals surface area contributed by atoms with Crippen molar-refractivity contribution in [2.24, 2.45) is 0 Å². The van der Waals surface area contributed by atoms with Gasteiger partial charge in [-0.2, -0.15) is 0 Å². The molecule has 0 atom stereocenters. The third-order valence-corrected chi connectivity index (χ3v) is 2.74. The molecule has 0 saturated carbocycles. The van der Waals surface area contributed by atoms with E-state index in [1.165, 1.54) is 0 Å². The fourth-order valence-corrected chi connectivity index (χ4v) is 1.54. The summed E-state index contributed by atoms with van der Waals surface area (Å²) in [5.74, 6) is -0.0406. The van der Waals surface area contributed by atoms with Crippen LogP contribution >= 0.6 is 0 Å². The summed E-state index contributed by atoms with van der Waals surface area (Å²) in [6.07, 6.45) is 0.651. The van der Waals surface area contributed by atoms with Gasteiger partial charge in [-0.25, -0.2) is 0 Å². The maximum atomic E-state index is 11.0. The van der Waals surface area contributed by atoms with Crippen LogP contribution in [0.25, 0.3) is 0 Å². The van der Waals surface area contributed by atoms with E-state index >= 15 is 0 Å². The van der Waals surface area contributed by atoms with Gasteiger partial charge in [0, 0.05) is 15.2 Å². The summed E-state index contributed by atoms with van der Waals surface area (Å²) in [4.78, 5) is 11.0. The molecule has 11 heavy (non-hydrogen) atoms. The molecule has 0 unspecified atom stereocenters. The predicted molar refractivity (Wildman–Crippen MR) is 49.5 cm³/mol. The van der Waals surface area contributed by atoms with Gasteiger partial charge in [-0.15, -0.1) is 0 Å². The van der Waals surface area contributed by atoms with Crippen molar-refractivity contribution < 1.29 is 9.53 Å². The maximum absolute atomic E-state index is 11.0. The number of esters is 1. The molecule has 0 saturated heterocycles. The average molecular weight is 174 g/mol. The molecule has 0 fully saturated rings. The zero-order valence-corrected chi connectivity index (χ0v) is 9.04. The van der Waals surface area contributed by atoms with Crippen LogP contribution in [0.3, 0.4) is 0 Å². The molecule has 0 radical (unpaired) electrons. The second-order valence-electron chi connectivity index (χ2n) is 3.47. The molecule has 0 aliphatic rings. The Labute approximate surface area is 70.5 Å². The number of carbonyl (C=O) groups is 1. The largest absolute Gasteiger partial charge is 0.463 e. The quantitative estimate of drug-likeness (QED) is 0.480. The van der Waals surface area contributed by atoms with Crippen LogP contribution < -0.4 is 0 Å². The molecule has 0 rings (SSSR count). The lowest BCUT2D eigenvalue weighted by molar-refractivity contribution is -0.146. The van der Waals surface area contributed by atoms with E-state index in [1.807, 2.05) is 13.8 Å². The first kappa shape index (κ1) is 10.7. The summed E-state index contributed by atoms with van der Waals surface area (Å²) in [6, 6.07) is 1.06. The molecule has 0 amide bonds. The normalized spacial score (nSPS) is 10.7. The summed E-state index contributed by atoms with van der Waals surface area (Å²) < 4.78 is 4.98. The van der Waals surface area contributed by atoms with Gasteiger partial charge in [0.15, 0.2) is 0 Å². The highest BCUT2D eigenvalue weighted by Crippen LogP contribution is 2.00. The molecule has 0 aliphatic carbocycles. The lowest BCUT2D eigenvalue weighted by Gasteiger charge is -2.07. The van der Waals surface area contributed by atoms with E-state index < -0.39 is 8.80 Å². The minimum absolute atomic E-state index is 0.0383. The van der Waals surface area contributed by atoms with Crippen LogP contribution in [0.4, 0.5) is 0 Å². The summed E-state index contributed by atoms with van der Waals surface area (Å²) >= 11 is 0. The van der Waals surface area contributed by atoms with Crippen LogP contribution in [-0.4, -0.2) is 20.9 Å². The fraction of sp³-hybridized carbons (Fsp3) is 0.875. The highest BCUT2D eigenvalue weighted by atomic mass is 28.3. The van der Waals surface area contributed by atoms with E-state index in [9.17, 15) is 4.79 Å². The molecule has 0 spiro atoms. The Hall–Kier alpha value is -0.313. The average Bonchev–Trinajstić information content (AvgIpc) is 1.82. The van der Waals surface area contributed by atoms with Crippen LogP contribution in [0.1, 0.15) is 20.3 Å². The zero-order chi connectivity index (χ0) is 8.85. The molecule has 3 heteroatoms. The van der Waals surface area contributed by atoms with Crippen molar-refractivity contribution in [1.82, 2.24) is 0 Å². The lowest BCUT2D eigenvalue weighted by atomic mass is 10.4. The Morgan fingerprint density at radius 3 is 2.36 bits per heavy atom. The highest BCUT2D eigenvalue weighted by Gasteiger charge is 2.06. The van der Waals surface area contributed by atoms with Crippen molar-refractivity contribution in [2.45, 2.75) is 45.5 Å². The fourth-order valence-electron chi connectivity index (χ4n) is 0.728. The first-order valence-electron chi connectivity index (χ1n) is 4.22. The summed E-state index contributed by atoms with van der Waals surface area (Å²) in [6.45, 7) is 8.24. The molecule has 0 bridgehead atoms. The highest BCUT2D eigenvalue weighted by molar-refractivity contribution is 6.55. The summed E-state index contributed by atoms with van der Waals surface area (Å²) in [5, 5.41) is 0. The van der Waals surface area contributed by atoms with Crippen LogP contribution in [0, 0.1) is 0 Å². The third-order valence-electron chi connectivity index (χ3n) is 1.29. The van der Waals surface area contributed by atoms with Crippen LogP contribution in [0.5, 0.6) is 0 Å². The third kappa shape index (κ3) is 7.59. The molecule has 0 aromatic carbocycles. The topological polar surface area (TPSA) is 26.3 Å². The second kappa shape index (κ2) is 5.35. The molecule has 0 aliphatic heterocycles. The van der Waals surface area contributed by atoms with Gasteiger partial charge in [-0.3, -0.25) is 4.79 Å². The van der Waals surface area contributed by atoms with Crippen molar-refractivity contribution >= 4 is 14.8 Å². The maximum Gasteiger partial charge on any atom is 0.305 e. The van der Waals surface area contributed by atoms with Gasteiger partial charge in [-0.05, 0) is 19.9 Å². The van der Waals surface area contributed by atoms with Gasteiger partial charge in [0.2, 0.25) is 0 Å². The SMILES string of the molecule is CC(C)OC(=O)CC[SiH](C)C. The molecule has 0 aromatic heterocycles. The van der Waals surface area contributed by atoms with Crippen LogP contribution in [0.2, 0.25) is 19.1 Å². The molecular weight excluding hydrogens is 156 g/mol. The number of ether oxygens (including phenoxy) is 1. The number of hydrogen-bond donors (Lipinski definition) is 0. The van der Waals surface area contributed by atoms with E-state index in [0.29, 0.717) is 6.42 Å². The Bertz CT molecular complexity index is 121. The Balaban J connectivity index is 3.38. The Kier molecular flexibility index (Phi) is 5.20. The van der Waals surface area contributed by atoms with E-state index in [0.717, 1.165) is 6.04 Å². The van der Waals surface area contributed by atoms with Crippen molar-refractivity contribution in [3.05, 3.63) is 0 Å². The first-order chi connectivity index (χ1) is 5.02. The first-order valence-corrected chi connectivity index (χ1v) is 7.34. The van der Waals surface area contributed by atoms with Gasteiger partial charge in [0.1, 0.15) is 0 Å². The Morgan fingerprint density at radius 1 is 1.45 bits per heavy atom. The zero-order valence-electron chi connectivity index (χ0n) is 7.89. The molecule has 0 heterocycles. The standard InChI is InChI=1S/C8H18O2Si/c1-7(2)10-8(9)5-6-11(3)4/h7,11H,5-6H2,1-4H3. The molecule has 0 aromatic rings. The minimum Gasteiger partial charge on any atom is -0.463 e. The van der Waals surface area contributed by atoms with E-state index in [-0.39, 0.29) is 12.1 Å². The van der Waals surface area contributed by atoms with Gasteiger partial charge >= 0.3 is 5.97 Å². The van der Waals surface area contributed by atoms with Crippen molar-refractivity contribution in [2.75, 3.05) is 0 Å².